The Balaban J connectivity index is 0. The Morgan fingerprint density at radius 3 is 0.600 bits per heavy atom. The summed E-state index contributed by atoms with van der Waals surface area (Å²) in [5.74, 6) is 0. The van der Waals surface area contributed by atoms with Gasteiger partial charge in [0.25, 0.3) is 0 Å². The van der Waals surface area contributed by atoms with Gasteiger partial charge in [0.05, 0.1) is 0 Å². The molecule has 0 saturated carbocycles. The van der Waals surface area contributed by atoms with Crippen molar-refractivity contribution in [3.8, 4) is 0 Å². The Hall–Kier alpha value is 1.33. The molecule has 0 aliphatic heterocycles. The zero-order chi connectivity index (χ0) is 0. The van der Waals surface area contributed by atoms with Crippen LogP contribution in [0.3, 0.4) is 0 Å². The van der Waals surface area contributed by atoms with Gasteiger partial charge in [-0.25, -0.2) is 0 Å². The van der Waals surface area contributed by atoms with Gasteiger partial charge in [0.1, 0.15) is 0 Å². The molecule has 0 aliphatic rings. The molecule has 0 bridgehead atoms. The molecule has 0 rings (SSSR count). The summed E-state index contributed by atoms with van der Waals surface area (Å²) < 4.78 is 0. The first kappa shape index (κ1) is 101. The smallest absolute Gasteiger partial charge is 2.00 e. The Morgan fingerprint density at radius 1 is 0.600 bits per heavy atom. The third-order valence-electron chi connectivity index (χ3n) is 0. The molecule has 3 nitrogen and oxygen atoms in total. The molecule has 28 valence electrons. The van der Waals surface area contributed by atoms with Gasteiger partial charge in [0.15, 0.2) is 0 Å². The van der Waals surface area contributed by atoms with Gasteiger partial charge < -0.3 is 16.4 Å². The van der Waals surface area contributed by atoms with E-state index in [1.54, 1.807) is 0 Å². The Labute approximate surface area is 60.5 Å². The first-order chi connectivity index (χ1) is 0. The molecule has 0 fully saturated rings. The molecule has 0 unspecified atom stereocenters. The fourth-order valence-electron chi connectivity index (χ4n) is 0. The van der Waals surface area contributed by atoms with Crippen LogP contribution in [0.15, 0.2) is 0 Å². The second-order valence-corrected chi connectivity index (χ2v) is 0. The third kappa shape index (κ3) is 33.3. The van der Waals surface area contributed by atoms with Crippen LogP contribution >= 0.6 is 0 Å². The summed E-state index contributed by atoms with van der Waals surface area (Å²) in [6.45, 7) is 0. The number of hydrogen-bond acceptors (Lipinski definition) is 0. The second kappa shape index (κ2) is 56.3. The van der Waals surface area contributed by atoms with Crippen LogP contribution in [-0.4, -0.2) is 23.1 Å². The van der Waals surface area contributed by atoms with E-state index in [2.05, 4.69) is 0 Å². The Kier molecular flexibility index (Phi) is 1140. The molecule has 0 amide bonds. The minimum Gasteiger partial charge on any atom is -2.00 e. The van der Waals surface area contributed by atoms with Gasteiger partial charge in [0.2, 0.25) is 0 Å². The molecule has 0 heterocycles. The number of hydrogen-bond donors (Lipinski definition) is 0. The van der Waals surface area contributed by atoms with E-state index in [0.29, 0.717) is 0 Å². The maximum absolute atomic E-state index is 0. The SMILES string of the molecule is [MgH2].[Mo+6].[O-2].[O-2].[O-2]. The summed E-state index contributed by atoms with van der Waals surface area (Å²) in [6.07, 6.45) is 0. The summed E-state index contributed by atoms with van der Waals surface area (Å²) in [6, 6.07) is 0. The second-order valence-electron chi connectivity index (χ2n) is 0. The van der Waals surface area contributed by atoms with E-state index in [-0.39, 0.29) is 60.5 Å². The zero-order valence-electron chi connectivity index (χ0n) is 1.63. The van der Waals surface area contributed by atoms with Crippen LogP contribution in [0.5, 0.6) is 0 Å². The Bertz CT molecular complexity index is 6.85. The van der Waals surface area contributed by atoms with Gasteiger partial charge in [0, 0.05) is 0 Å². The van der Waals surface area contributed by atoms with Gasteiger partial charge in [-0.15, -0.1) is 0 Å². The van der Waals surface area contributed by atoms with Crippen molar-refractivity contribution in [2.45, 2.75) is 0 Å². The average molecular weight is 170 g/mol. The van der Waals surface area contributed by atoms with Crippen LogP contribution in [0.25, 0.3) is 0 Å². The first-order valence-electron chi connectivity index (χ1n) is 0. The van der Waals surface area contributed by atoms with Gasteiger partial charge in [-0.1, -0.05) is 0 Å². The van der Waals surface area contributed by atoms with Crippen molar-refractivity contribution in [3.05, 3.63) is 0 Å². The van der Waals surface area contributed by atoms with Crippen molar-refractivity contribution >= 4 is 23.1 Å². The van der Waals surface area contributed by atoms with Gasteiger partial charge in [-0.05, 0) is 0 Å². The molecular formula is H2MgMoO3. The predicted molar refractivity (Wildman–Crippen MR) is 10.6 cm³/mol. The zero-order valence-corrected chi connectivity index (χ0v) is 3.64. The van der Waals surface area contributed by atoms with Crippen LogP contribution in [0, 0.1) is 0 Å². The maximum Gasteiger partial charge on any atom is 6.00 e. The van der Waals surface area contributed by atoms with Crippen molar-refractivity contribution in [2.75, 3.05) is 0 Å². The molecule has 0 N–H and O–H groups in total. The summed E-state index contributed by atoms with van der Waals surface area (Å²) in [5, 5.41) is 0. The van der Waals surface area contributed by atoms with E-state index >= 15 is 0 Å². The molecule has 0 radical (unpaired) electrons. The standard InChI is InChI=1S/Mg.Mo.3O.2H/q;+6;3*-2;;. The summed E-state index contributed by atoms with van der Waals surface area (Å²) in [7, 11) is 0. The van der Waals surface area contributed by atoms with Crippen molar-refractivity contribution < 1.29 is 37.5 Å². The van der Waals surface area contributed by atoms with Crippen molar-refractivity contribution in [2.24, 2.45) is 0 Å². The minimum atomic E-state index is 0. The molecule has 0 aromatic rings. The summed E-state index contributed by atoms with van der Waals surface area (Å²) >= 11 is 0. The normalized spacial score (nSPS) is 0. The molecule has 0 atom stereocenters. The largest absolute Gasteiger partial charge is 6.00 e. The fraction of sp³-hybridized carbons (Fsp3) is 0. The summed E-state index contributed by atoms with van der Waals surface area (Å²) in [5.41, 5.74) is 0. The first-order valence-corrected chi connectivity index (χ1v) is 0. The predicted octanol–water partition coefficient (Wildman–Crippen LogP) is -1.28. The third-order valence-corrected chi connectivity index (χ3v) is 0. The minimum absolute atomic E-state index is 0. The quantitative estimate of drug-likeness (QED) is 0.406. The van der Waals surface area contributed by atoms with Crippen molar-refractivity contribution in [3.63, 3.8) is 0 Å². The average Bonchev–Trinajstić information content (AvgIpc) is 0. The van der Waals surface area contributed by atoms with E-state index in [9.17, 15) is 0 Å². The van der Waals surface area contributed by atoms with E-state index < -0.39 is 0 Å². The topological polar surface area (TPSA) is 85.5 Å². The molecule has 0 spiro atoms. The maximum atomic E-state index is 0. The van der Waals surface area contributed by atoms with Crippen LogP contribution in [-0.2, 0) is 37.5 Å². The Morgan fingerprint density at radius 2 is 0.600 bits per heavy atom. The van der Waals surface area contributed by atoms with Gasteiger partial charge in [-0.3, -0.25) is 0 Å². The fourth-order valence-corrected chi connectivity index (χ4v) is 0. The number of rotatable bonds is 0. The molecule has 0 aromatic carbocycles. The van der Waals surface area contributed by atoms with Crippen LogP contribution in [0.2, 0.25) is 0 Å². The van der Waals surface area contributed by atoms with Gasteiger partial charge in [-0.2, -0.15) is 0 Å². The van der Waals surface area contributed by atoms with E-state index in [1.165, 1.54) is 0 Å². The summed E-state index contributed by atoms with van der Waals surface area (Å²) in [4.78, 5) is 0. The molecular weight excluding hydrogens is 168 g/mol. The monoisotopic (exact) mass is 172 g/mol. The van der Waals surface area contributed by atoms with Crippen LogP contribution in [0.4, 0.5) is 0 Å². The van der Waals surface area contributed by atoms with E-state index in [1.807, 2.05) is 0 Å². The van der Waals surface area contributed by atoms with E-state index in [4.69, 9.17) is 0 Å². The molecule has 5 heteroatoms. The van der Waals surface area contributed by atoms with Crippen LogP contribution in [0.1, 0.15) is 0 Å². The molecule has 0 aliphatic carbocycles. The van der Waals surface area contributed by atoms with E-state index in [0.717, 1.165) is 0 Å². The molecule has 0 aromatic heterocycles. The van der Waals surface area contributed by atoms with Gasteiger partial charge >= 0.3 is 44.1 Å². The van der Waals surface area contributed by atoms with Crippen molar-refractivity contribution in [1.82, 2.24) is 0 Å². The molecule has 5 heavy (non-hydrogen) atoms. The molecule has 0 saturated heterocycles. The van der Waals surface area contributed by atoms with Crippen molar-refractivity contribution in [1.29, 1.82) is 0 Å². The van der Waals surface area contributed by atoms with Crippen LogP contribution < -0.4 is 0 Å².